The first-order valence-corrected chi connectivity index (χ1v) is 5.54. The van der Waals surface area contributed by atoms with Crippen LogP contribution in [0.15, 0.2) is 24.3 Å². The molecule has 0 aromatic heterocycles. The van der Waals surface area contributed by atoms with Crippen LogP contribution in [-0.4, -0.2) is 30.9 Å². The van der Waals surface area contributed by atoms with Crippen LogP contribution in [0.25, 0.3) is 0 Å². The Kier molecular flexibility index (Phi) is 6.15. The van der Waals surface area contributed by atoms with Gasteiger partial charge in [-0.15, -0.1) is 6.42 Å². The van der Waals surface area contributed by atoms with Gasteiger partial charge in [0.25, 0.3) is 0 Å². The fraction of sp³-hybridized carbons (Fsp3) is 0.308. The predicted molar refractivity (Wildman–Crippen MR) is 68.1 cm³/mol. The molecule has 1 rings (SSSR count). The molecule has 0 aliphatic rings. The zero-order valence-electron chi connectivity index (χ0n) is 9.98. The minimum Gasteiger partial charge on any atom is -0.491 e. The van der Waals surface area contributed by atoms with Crippen LogP contribution in [0.1, 0.15) is 5.56 Å². The second-order valence-electron chi connectivity index (χ2n) is 3.42. The van der Waals surface area contributed by atoms with Gasteiger partial charge in [-0.25, -0.2) is 4.79 Å². The molecule has 0 aliphatic heterocycles. The van der Waals surface area contributed by atoms with Crippen molar-refractivity contribution in [2.75, 3.05) is 19.8 Å². The second-order valence-corrected chi connectivity index (χ2v) is 3.42. The van der Waals surface area contributed by atoms with Crippen molar-refractivity contribution in [3.05, 3.63) is 29.8 Å². The molecule has 0 bridgehead atoms. The minimum absolute atomic E-state index is 0.0512. The summed E-state index contributed by atoms with van der Waals surface area (Å²) in [5.74, 6) is 2.95. The Morgan fingerprint density at radius 3 is 2.89 bits per heavy atom. The smallest absolute Gasteiger partial charge is 0.315 e. The van der Waals surface area contributed by atoms with Crippen LogP contribution in [0, 0.1) is 12.3 Å². The van der Waals surface area contributed by atoms with E-state index in [1.54, 1.807) is 6.07 Å². The Bertz CT molecular complexity index is 426. The molecule has 0 heterocycles. The van der Waals surface area contributed by atoms with Crippen molar-refractivity contribution in [1.82, 2.24) is 10.6 Å². The molecular formula is C13H16N2O3. The standard InChI is InChI=1S/C13H16N2O3/c1-2-7-14-13(17)15-10-11-5-3-4-6-12(11)18-9-8-16/h1,3-6,16H,7-10H2,(H2,14,15,17). The van der Waals surface area contributed by atoms with E-state index in [0.29, 0.717) is 12.3 Å². The van der Waals surface area contributed by atoms with Crippen LogP contribution in [0.3, 0.4) is 0 Å². The van der Waals surface area contributed by atoms with Crippen LogP contribution < -0.4 is 15.4 Å². The first-order valence-electron chi connectivity index (χ1n) is 5.54. The van der Waals surface area contributed by atoms with Gasteiger partial charge in [-0.05, 0) is 6.07 Å². The van der Waals surface area contributed by atoms with E-state index in [-0.39, 0.29) is 25.8 Å². The number of ether oxygens (including phenoxy) is 1. The molecule has 18 heavy (non-hydrogen) atoms. The number of carbonyl (C=O) groups is 1. The topological polar surface area (TPSA) is 70.6 Å². The molecule has 0 saturated carbocycles. The van der Waals surface area contributed by atoms with Crippen LogP contribution in [0.2, 0.25) is 0 Å². The highest BCUT2D eigenvalue weighted by Gasteiger charge is 2.04. The van der Waals surface area contributed by atoms with E-state index < -0.39 is 0 Å². The highest BCUT2D eigenvalue weighted by atomic mass is 16.5. The van der Waals surface area contributed by atoms with Gasteiger partial charge in [0, 0.05) is 12.1 Å². The van der Waals surface area contributed by atoms with Crippen molar-refractivity contribution in [3.8, 4) is 18.1 Å². The summed E-state index contributed by atoms with van der Waals surface area (Å²) in [6.07, 6.45) is 5.03. The maximum Gasteiger partial charge on any atom is 0.315 e. The van der Waals surface area contributed by atoms with Crippen molar-refractivity contribution in [2.24, 2.45) is 0 Å². The summed E-state index contributed by atoms with van der Waals surface area (Å²) in [6.45, 7) is 0.692. The van der Waals surface area contributed by atoms with Crippen molar-refractivity contribution < 1.29 is 14.6 Å². The number of amides is 2. The third-order valence-electron chi connectivity index (χ3n) is 2.11. The lowest BCUT2D eigenvalue weighted by atomic mass is 10.2. The van der Waals surface area contributed by atoms with Gasteiger partial charge in [-0.1, -0.05) is 24.1 Å². The number of aliphatic hydroxyl groups is 1. The van der Waals surface area contributed by atoms with Crippen molar-refractivity contribution in [1.29, 1.82) is 0 Å². The van der Waals surface area contributed by atoms with Crippen LogP contribution >= 0.6 is 0 Å². The minimum atomic E-state index is -0.329. The molecule has 96 valence electrons. The number of rotatable bonds is 6. The van der Waals surface area contributed by atoms with Gasteiger partial charge in [0.05, 0.1) is 13.2 Å². The van der Waals surface area contributed by atoms with Crippen molar-refractivity contribution >= 4 is 6.03 Å². The number of terminal acetylenes is 1. The third-order valence-corrected chi connectivity index (χ3v) is 2.11. The highest BCUT2D eigenvalue weighted by molar-refractivity contribution is 5.74. The quantitative estimate of drug-likeness (QED) is 0.642. The summed E-state index contributed by atoms with van der Waals surface area (Å²) >= 11 is 0. The molecule has 0 aliphatic carbocycles. The highest BCUT2D eigenvalue weighted by Crippen LogP contribution is 2.17. The van der Waals surface area contributed by atoms with E-state index in [4.69, 9.17) is 16.3 Å². The molecule has 0 unspecified atom stereocenters. The largest absolute Gasteiger partial charge is 0.491 e. The summed E-state index contributed by atoms with van der Waals surface area (Å²) in [5.41, 5.74) is 0.835. The number of benzene rings is 1. The molecule has 2 amide bonds. The summed E-state index contributed by atoms with van der Waals surface area (Å²) < 4.78 is 5.35. The van der Waals surface area contributed by atoms with Gasteiger partial charge in [-0.3, -0.25) is 0 Å². The Morgan fingerprint density at radius 1 is 1.39 bits per heavy atom. The molecule has 0 radical (unpaired) electrons. The monoisotopic (exact) mass is 248 g/mol. The van der Waals surface area contributed by atoms with E-state index in [1.165, 1.54) is 0 Å². The molecule has 0 saturated heterocycles. The zero-order valence-corrected chi connectivity index (χ0v) is 9.98. The first-order chi connectivity index (χ1) is 8.77. The zero-order chi connectivity index (χ0) is 13.2. The molecular weight excluding hydrogens is 232 g/mol. The lowest BCUT2D eigenvalue weighted by Crippen LogP contribution is -2.35. The number of hydrogen-bond donors (Lipinski definition) is 3. The fourth-order valence-electron chi connectivity index (χ4n) is 1.32. The number of carbonyl (C=O) groups excluding carboxylic acids is 1. The van der Waals surface area contributed by atoms with Gasteiger partial charge in [0.15, 0.2) is 0 Å². The van der Waals surface area contributed by atoms with E-state index in [1.807, 2.05) is 18.2 Å². The van der Waals surface area contributed by atoms with Gasteiger partial charge in [-0.2, -0.15) is 0 Å². The maximum absolute atomic E-state index is 11.3. The number of para-hydroxylation sites is 1. The SMILES string of the molecule is C#CCNC(=O)NCc1ccccc1OCCO. The number of urea groups is 1. The van der Waals surface area contributed by atoms with E-state index in [2.05, 4.69) is 16.6 Å². The number of hydrogen-bond acceptors (Lipinski definition) is 3. The third kappa shape index (κ3) is 4.76. The Balaban J connectivity index is 2.50. The van der Waals surface area contributed by atoms with Gasteiger partial charge in [0.2, 0.25) is 0 Å². The molecule has 3 N–H and O–H groups in total. The van der Waals surface area contributed by atoms with Crippen LogP contribution in [-0.2, 0) is 6.54 Å². The fourth-order valence-corrected chi connectivity index (χ4v) is 1.32. The number of nitrogens with one attached hydrogen (secondary N) is 2. The van der Waals surface area contributed by atoms with E-state index >= 15 is 0 Å². The Morgan fingerprint density at radius 2 is 2.17 bits per heavy atom. The number of aliphatic hydroxyl groups excluding tert-OH is 1. The Hall–Kier alpha value is -2.19. The molecule has 1 aromatic rings. The van der Waals surface area contributed by atoms with Crippen molar-refractivity contribution in [3.63, 3.8) is 0 Å². The summed E-state index contributed by atoms with van der Waals surface area (Å²) in [5, 5.41) is 13.9. The summed E-state index contributed by atoms with van der Waals surface area (Å²) in [4.78, 5) is 11.3. The molecule has 1 aromatic carbocycles. The van der Waals surface area contributed by atoms with Crippen LogP contribution in [0.4, 0.5) is 4.79 Å². The van der Waals surface area contributed by atoms with Crippen LogP contribution in [0.5, 0.6) is 5.75 Å². The molecule has 5 heteroatoms. The van der Waals surface area contributed by atoms with Gasteiger partial charge < -0.3 is 20.5 Å². The van der Waals surface area contributed by atoms with E-state index in [9.17, 15) is 4.79 Å². The molecule has 0 spiro atoms. The molecule has 5 nitrogen and oxygen atoms in total. The predicted octanol–water partition coefficient (Wildman–Crippen LogP) is 0.490. The second kappa shape index (κ2) is 7.98. The van der Waals surface area contributed by atoms with Gasteiger partial charge >= 0.3 is 6.03 Å². The normalized spacial score (nSPS) is 9.33. The average Bonchev–Trinajstić information content (AvgIpc) is 2.41. The van der Waals surface area contributed by atoms with Gasteiger partial charge in [0.1, 0.15) is 12.4 Å². The maximum atomic E-state index is 11.3. The molecule has 0 atom stereocenters. The summed E-state index contributed by atoms with van der Waals surface area (Å²) in [7, 11) is 0. The first kappa shape index (κ1) is 13.9. The lowest BCUT2D eigenvalue weighted by molar-refractivity contribution is 0.200. The molecule has 0 fully saturated rings. The summed E-state index contributed by atoms with van der Waals surface area (Å²) in [6, 6.07) is 6.97. The average molecular weight is 248 g/mol. The van der Waals surface area contributed by atoms with Crippen molar-refractivity contribution in [2.45, 2.75) is 6.54 Å². The van der Waals surface area contributed by atoms with E-state index in [0.717, 1.165) is 5.56 Å². The lowest BCUT2D eigenvalue weighted by Gasteiger charge is -2.11. The Labute approximate surface area is 106 Å².